The standard InChI is InChI=1S/C14H22N2O4S/c1-16-7-6-11(10-16)9-15-21(17,18)14-5-4-12(19-2)8-13(14)20-3/h4-5,8,11,15H,6-7,9-10H2,1-3H3. The zero-order chi connectivity index (χ0) is 15.5. The Morgan fingerprint density at radius 2 is 2.10 bits per heavy atom. The van der Waals surface area contributed by atoms with E-state index in [1.54, 1.807) is 12.1 Å². The van der Waals surface area contributed by atoms with Gasteiger partial charge in [0.2, 0.25) is 10.0 Å². The van der Waals surface area contributed by atoms with Gasteiger partial charge in [-0.15, -0.1) is 0 Å². The van der Waals surface area contributed by atoms with Gasteiger partial charge < -0.3 is 14.4 Å². The fourth-order valence-electron chi connectivity index (χ4n) is 2.50. The fraction of sp³-hybridized carbons (Fsp3) is 0.571. The first-order chi connectivity index (χ1) is 9.96. The maximum Gasteiger partial charge on any atom is 0.244 e. The first kappa shape index (κ1) is 16.1. The molecule has 1 aliphatic heterocycles. The molecule has 0 aliphatic carbocycles. The molecule has 2 rings (SSSR count). The molecule has 0 spiro atoms. The molecule has 1 aromatic rings. The number of ether oxygens (including phenoxy) is 2. The summed E-state index contributed by atoms with van der Waals surface area (Å²) in [5.74, 6) is 1.20. The highest BCUT2D eigenvalue weighted by molar-refractivity contribution is 7.89. The van der Waals surface area contributed by atoms with Crippen molar-refractivity contribution in [2.75, 3.05) is 40.9 Å². The number of rotatable bonds is 6. The van der Waals surface area contributed by atoms with Crippen LogP contribution in [0, 0.1) is 5.92 Å². The van der Waals surface area contributed by atoms with Gasteiger partial charge >= 0.3 is 0 Å². The van der Waals surface area contributed by atoms with Crippen LogP contribution < -0.4 is 14.2 Å². The molecule has 21 heavy (non-hydrogen) atoms. The molecule has 1 heterocycles. The van der Waals surface area contributed by atoms with Gasteiger partial charge in [0.1, 0.15) is 16.4 Å². The van der Waals surface area contributed by atoms with Crippen molar-refractivity contribution in [1.29, 1.82) is 0 Å². The van der Waals surface area contributed by atoms with E-state index in [2.05, 4.69) is 9.62 Å². The molecule has 1 N–H and O–H groups in total. The van der Waals surface area contributed by atoms with Crippen molar-refractivity contribution in [3.63, 3.8) is 0 Å². The van der Waals surface area contributed by atoms with Gasteiger partial charge in [0.25, 0.3) is 0 Å². The van der Waals surface area contributed by atoms with Crippen LogP contribution in [0.25, 0.3) is 0 Å². The maximum absolute atomic E-state index is 12.4. The molecule has 0 amide bonds. The lowest BCUT2D eigenvalue weighted by Gasteiger charge is -2.14. The molecule has 0 saturated carbocycles. The first-order valence-corrected chi connectivity index (χ1v) is 8.35. The Morgan fingerprint density at radius 3 is 2.67 bits per heavy atom. The van der Waals surface area contributed by atoms with E-state index < -0.39 is 10.0 Å². The molecule has 0 radical (unpaired) electrons. The van der Waals surface area contributed by atoms with Gasteiger partial charge in [-0.1, -0.05) is 0 Å². The normalized spacial score (nSPS) is 19.7. The number of hydrogen-bond donors (Lipinski definition) is 1. The van der Waals surface area contributed by atoms with Crippen LogP contribution in [0.15, 0.2) is 23.1 Å². The maximum atomic E-state index is 12.4. The molecular formula is C14H22N2O4S. The molecule has 7 heteroatoms. The lowest BCUT2D eigenvalue weighted by molar-refractivity contribution is 0.385. The van der Waals surface area contributed by atoms with Crippen LogP contribution in [0.3, 0.4) is 0 Å². The second kappa shape index (κ2) is 6.64. The van der Waals surface area contributed by atoms with Crippen LogP contribution >= 0.6 is 0 Å². The van der Waals surface area contributed by atoms with Crippen molar-refractivity contribution in [3.05, 3.63) is 18.2 Å². The van der Waals surface area contributed by atoms with Crippen molar-refractivity contribution < 1.29 is 17.9 Å². The number of benzene rings is 1. The van der Waals surface area contributed by atoms with Crippen LogP contribution in [0.4, 0.5) is 0 Å². The fourth-order valence-corrected chi connectivity index (χ4v) is 3.76. The highest BCUT2D eigenvalue weighted by atomic mass is 32.2. The summed E-state index contributed by atoms with van der Waals surface area (Å²) >= 11 is 0. The van der Waals surface area contributed by atoms with Crippen molar-refractivity contribution in [1.82, 2.24) is 9.62 Å². The van der Waals surface area contributed by atoms with Crippen LogP contribution in [0.1, 0.15) is 6.42 Å². The topological polar surface area (TPSA) is 67.9 Å². The molecule has 0 aromatic heterocycles. The van der Waals surface area contributed by atoms with Gasteiger partial charge in [-0.2, -0.15) is 0 Å². The van der Waals surface area contributed by atoms with Gasteiger partial charge in [-0.05, 0) is 38.1 Å². The Kier molecular flexibility index (Phi) is 5.08. The molecule has 1 aromatic carbocycles. The monoisotopic (exact) mass is 314 g/mol. The van der Waals surface area contributed by atoms with E-state index >= 15 is 0 Å². The van der Waals surface area contributed by atoms with Gasteiger partial charge in [-0.25, -0.2) is 13.1 Å². The minimum absolute atomic E-state index is 0.136. The molecular weight excluding hydrogens is 292 g/mol. The summed E-state index contributed by atoms with van der Waals surface area (Å²) in [7, 11) is 1.43. The SMILES string of the molecule is COc1ccc(S(=O)(=O)NCC2CCN(C)C2)c(OC)c1. The van der Waals surface area contributed by atoms with Crippen LogP contribution in [0.2, 0.25) is 0 Å². The third-order valence-electron chi connectivity index (χ3n) is 3.71. The lowest BCUT2D eigenvalue weighted by atomic mass is 10.1. The second-order valence-corrected chi connectivity index (χ2v) is 7.02. The van der Waals surface area contributed by atoms with E-state index in [0.717, 1.165) is 19.5 Å². The summed E-state index contributed by atoms with van der Waals surface area (Å²) in [5.41, 5.74) is 0. The first-order valence-electron chi connectivity index (χ1n) is 6.86. The number of sulfonamides is 1. The van der Waals surface area contributed by atoms with Gasteiger partial charge in [0.15, 0.2) is 0 Å². The highest BCUT2D eigenvalue weighted by Gasteiger charge is 2.24. The minimum atomic E-state index is -3.58. The number of hydrogen-bond acceptors (Lipinski definition) is 5. The Balaban J connectivity index is 2.11. The Morgan fingerprint density at radius 1 is 1.33 bits per heavy atom. The van der Waals surface area contributed by atoms with E-state index in [-0.39, 0.29) is 10.6 Å². The van der Waals surface area contributed by atoms with Gasteiger partial charge in [0, 0.05) is 19.2 Å². The summed E-state index contributed by atoms with van der Waals surface area (Å²) in [6.07, 6.45) is 1.01. The zero-order valence-electron chi connectivity index (χ0n) is 12.6. The van der Waals surface area contributed by atoms with E-state index in [1.807, 2.05) is 7.05 Å². The summed E-state index contributed by atoms with van der Waals surface area (Å²) in [5, 5.41) is 0. The number of methoxy groups -OCH3 is 2. The predicted octanol–water partition coefficient (Wildman–Crippen LogP) is 0.934. The second-order valence-electron chi connectivity index (χ2n) is 5.29. The Bertz CT molecular complexity index is 589. The molecule has 1 atom stereocenters. The minimum Gasteiger partial charge on any atom is -0.497 e. The summed E-state index contributed by atoms with van der Waals surface area (Å²) in [6.45, 7) is 2.38. The molecule has 118 valence electrons. The summed E-state index contributed by atoms with van der Waals surface area (Å²) in [4.78, 5) is 2.34. The van der Waals surface area contributed by atoms with Crippen LogP contribution in [-0.2, 0) is 10.0 Å². The van der Waals surface area contributed by atoms with Crippen molar-refractivity contribution in [2.24, 2.45) is 5.92 Å². The average molecular weight is 314 g/mol. The average Bonchev–Trinajstić information content (AvgIpc) is 2.90. The number of nitrogens with zero attached hydrogens (tertiary/aromatic N) is 1. The zero-order valence-corrected chi connectivity index (χ0v) is 13.4. The van der Waals surface area contributed by atoms with Crippen molar-refractivity contribution in [3.8, 4) is 11.5 Å². The molecule has 1 saturated heterocycles. The van der Waals surface area contributed by atoms with E-state index in [0.29, 0.717) is 18.2 Å². The molecule has 1 fully saturated rings. The number of nitrogens with one attached hydrogen (secondary N) is 1. The van der Waals surface area contributed by atoms with Gasteiger partial charge in [0.05, 0.1) is 14.2 Å². The molecule has 1 unspecified atom stereocenters. The number of likely N-dealkylation sites (tertiary alicyclic amines) is 1. The third-order valence-corrected chi connectivity index (χ3v) is 5.17. The lowest BCUT2D eigenvalue weighted by Crippen LogP contribution is -2.30. The van der Waals surface area contributed by atoms with E-state index in [4.69, 9.17) is 9.47 Å². The van der Waals surface area contributed by atoms with Crippen LogP contribution in [-0.4, -0.2) is 54.2 Å². The van der Waals surface area contributed by atoms with E-state index in [9.17, 15) is 8.42 Å². The van der Waals surface area contributed by atoms with Crippen LogP contribution in [0.5, 0.6) is 11.5 Å². The summed E-state index contributed by atoms with van der Waals surface area (Å²) in [6, 6.07) is 4.68. The molecule has 6 nitrogen and oxygen atoms in total. The highest BCUT2D eigenvalue weighted by Crippen LogP contribution is 2.28. The van der Waals surface area contributed by atoms with Gasteiger partial charge in [-0.3, -0.25) is 0 Å². The quantitative estimate of drug-likeness (QED) is 0.846. The largest absolute Gasteiger partial charge is 0.497 e. The molecule has 0 bridgehead atoms. The Hall–Kier alpha value is -1.31. The third kappa shape index (κ3) is 3.87. The Labute approximate surface area is 126 Å². The summed E-state index contributed by atoms with van der Waals surface area (Å²) < 4.78 is 37.7. The molecule has 1 aliphatic rings. The van der Waals surface area contributed by atoms with Crippen molar-refractivity contribution >= 4 is 10.0 Å². The predicted molar refractivity (Wildman–Crippen MR) is 80.3 cm³/mol. The van der Waals surface area contributed by atoms with E-state index in [1.165, 1.54) is 20.3 Å². The van der Waals surface area contributed by atoms with Crippen molar-refractivity contribution in [2.45, 2.75) is 11.3 Å². The smallest absolute Gasteiger partial charge is 0.244 e.